The van der Waals surface area contributed by atoms with Crippen molar-refractivity contribution in [2.24, 2.45) is 17.3 Å². The highest BCUT2D eigenvalue weighted by Crippen LogP contribution is 2.69. The lowest BCUT2D eigenvalue weighted by molar-refractivity contribution is -0.209. The van der Waals surface area contributed by atoms with Crippen molar-refractivity contribution < 1.29 is 27.1 Å². The number of terminal acetylenes is 1. The minimum Gasteiger partial charge on any atom is -0.382 e. The van der Waals surface area contributed by atoms with E-state index in [1.54, 1.807) is 31.1 Å². The Labute approximate surface area is 217 Å². The van der Waals surface area contributed by atoms with Gasteiger partial charge >= 0.3 is 5.92 Å². The van der Waals surface area contributed by atoms with Crippen LogP contribution in [0.4, 0.5) is 8.78 Å². The maximum Gasteiger partial charge on any atom is 0.336 e. The number of rotatable bonds is 4. The fourth-order valence-electron chi connectivity index (χ4n) is 8.06. The van der Waals surface area contributed by atoms with Gasteiger partial charge in [-0.05, 0) is 104 Å². The smallest absolute Gasteiger partial charge is 0.336 e. The summed E-state index contributed by atoms with van der Waals surface area (Å²) in [7, 11) is -3.35. The number of halogens is 2. The van der Waals surface area contributed by atoms with Crippen molar-refractivity contribution in [2.45, 2.75) is 92.3 Å². The average molecular weight is 527 g/mol. The van der Waals surface area contributed by atoms with E-state index in [0.29, 0.717) is 32.1 Å². The molecule has 196 valence electrons. The van der Waals surface area contributed by atoms with Gasteiger partial charge in [0, 0.05) is 17.8 Å². The van der Waals surface area contributed by atoms with Gasteiger partial charge in [-0.3, -0.25) is 4.79 Å². The number of sulfone groups is 1. The zero-order valence-electron chi connectivity index (χ0n) is 21.0. The van der Waals surface area contributed by atoms with Crippen molar-refractivity contribution >= 4 is 15.6 Å². The van der Waals surface area contributed by atoms with Gasteiger partial charge in [-0.15, -0.1) is 6.42 Å². The Morgan fingerprint density at radius 1 is 1.08 bits per heavy atom. The molecule has 1 aromatic carbocycles. The van der Waals surface area contributed by atoms with Gasteiger partial charge in [0.2, 0.25) is 0 Å². The van der Waals surface area contributed by atoms with Crippen molar-refractivity contribution in [3.05, 3.63) is 52.6 Å². The first-order chi connectivity index (χ1) is 17.4. The number of aliphatic hydroxyl groups is 1. The Hall–Kier alpha value is -2.30. The molecular formula is C30H32F2O4S. The molecule has 0 aromatic heterocycles. The Balaban J connectivity index is 1.49. The third kappa shape index (κ3) is 3.48. The first-order valence-corrected chi connectivity index (χ1v) is 14.9. The van der Waals surface area contributed by atoms with E-state index < -0.39 is 26.8 Å². The molecule has 0 heterocycles. The number of ketones is 1. The third-order valence-corrected chi connectivity index (χ3v) is 12.4. The molecule has 7 heteroatoms. The van der Waals surface area contributed by atoms with E-state index >= 15 is 8.78 Å². The van der Waals surface area contributed by atoms with Crippen LogP contribution in [0.25, 0.3) is 0 Å². The van der Waals surface area contributed by atoms with E-state index in [1.807, 2.05) is 12.1 Å². The van der Waals surface area contributed by atoms with Gasteiger partial charge in [-0.1, -0.05) is 24.6 Å². The van der Waals surface area contributed by atoms with E-state index in [1.165, 1.54) is 5.57 Å². The molecule has 5 atom stereocenters. The lowest BCUT2D eigenvalue weighted by Crippen LogP contribution is -2.60. The molecule has 3 saturated carbocycles. The maximum absolute atomic E-state index is 15.2. The van der Waals surface area contributed by atoms with E-state index in [-0.39, 0.29) is 46.5 Å². The second-order valence-electron chi connectivity index (χ2n) is 11.9. The SMILES string of the molecule is C#CC(F)(F)[C@]1(O)CC[C@H]2[C@@H]3CCC4=CC(=O)CCC4=C3C(c3ccc(S(=O)(=O)C4CC4)cc3)C[C@@]21C. The summed E-state index contributed by atoms with van der Waals surface area (Å²) in [6, 6.07) is 6.90. The summed E-state index contributed by atoms with van der Waals surface area (Å²) < 4.78 is 55.9. The minimum absolute atomic E-state index is 0.00146. The fourth-order valence-corrected chi connectivity index (χ4v) is 9.72. The van der Waals surface area contributed by atoms with Gasteiger partial charge in [0.25, 0.3) is 0 Å². The molecule has 5 aliphatic rings. The lowest BCUT2D eigenvalue weighted by Gasteiger charge is -2.55. The van der Waals surface area contributed by atoms with Crippen molar-refractivity contribution in [1.82, 2.24) is 0 Å². The number of alkyl halides is 2. The minimum atomic E-state index is -3.66. The maximum atomic E-state index is 15.2. The first kappa shape index (κ1) is 25.0. The molecule has 1 N–H and O–H groups in total. The molecule has 0 bridgehead atoms. The van der Waals surface area contributed by atoms with Crippen LogP contribution < -0.4 is 0 Å². The molecule has 6 rings (SSSR count). The molecule has 0 amide bonds. The fraction of sp³-hybridized carbons (Fsp3) is 0.567. The molecule has 4 nitrogen and oxygen atoms in total. The number of carbonyl (C=O) groups is 1. The van der Waals surface area contributed by atoms with E-state index in [9.17, 15) is 18.3 Å². The van der Waals surface area contributed by atoms with Gasteiger partial charge in [0.15, 0.2) is 15.6 Å². The average Bonchev–Trinajstić information content (AvgIpc) is 3.69. The van der Waals surface area contributed by atoms with Crippen LogP contribution in [0.1, 0.15) is 76.2 Å². The first-order valence-electron chi connectivity index (χ1n) is 13.3. The number of fused-ring (bicyclic) bond motifs is 4. The lowest BCUT2D eigenvalue weighted by atomic mass is 9.50. The summed E-state index contributed by atoms with van der Waals surface area (Å²) in [6.07, 6.45) is 11.6. The highest BCUT2D eigenvalue weighted by Gasteiger charge is 2.71. The number of carbonyl (C=O) groups excluding carboxylic acids is 1. The molecule has 0 spiro atoms. The number of benzene rings is 1. The largest absolute Gasteiger partial charge is 0.382 e. The van der Waals surface area contributed by atoms with Crippen LogP contribution >= 0.6 is 0 Å². The summed E-state index contributed by atoms with van der Waals surface area (Å²) in [4.78, 5) is 12.5. The molecule has 1 unspecified atom stereocenters. The molecule has 1 aromatic rings. The normalized spacial score (nSPS) is 35.8. The second kappa shape index (κ2) is 8.10. The summed E-state index contributed by atoms with van der Waals surface area (Å²) in [5.41, 5.74) is 0.828. The van der Waals surface area contributed by atoms with Gasteiger partial charge in [-0.2, -0.15) is 8.78 Å². The molecule has 0 radical (unpaired) electrons. The molecule has 0 aliphatic heterocycles. The summed E-state index contributed by atoms with van der Waals surface area (Å²) in [5.74, 6) is -2.37. The van der Waals surface area contributed by atoms with E-state index in [0.717, 1.165) is 29.6 Å². The molecule has 37 heavy (non-hydrogen) atoms. The van der Waals surface area contributed by atoms with Crippen LogP contribution in [0.5, 0.6) is 0 Å². The van der Waals surface area contributed by atoms with Crippen molar-refractivity contribution in [2.75, 3.05) is 0 Å². The zero-order chi connectivity index (χ0) is 26.4. The summed E-state index contributed by atoms with van der Waals surface area (Å²) in [6.45, 7) is 1.77. The highest BCUT2D eigenvalue weighted by atomic mass is 32.2. The van der Waals surface area contributed by atoms with Gasteiger partial charge < -0.3 is 5.11 Å². The third-order valence-electron chi connectivity index (χ3n) is 10.2. The Kier molecular flexibility index (Phi) is 5.47. The quantitative estimate of drug-likeness (QED) is 0.525. The van der Waals surface area contributed by atoms with Crippen LogP contribution in [0.15, 0.2) is 52.0 Å². The van der Waals surface area contributed by atoms with Crippen LogP contribution in [0, 0.1) is 29.6 Å². The van der Waals surface area contributed by atoms with Crippen molar-refractivity contribution in [3.8, 4) is 12.3 Å². The van der Waals surface area contributed by atoms with Crippen molar-refractivity contribution in [3.63, 3.8) is 0 Å². The molecular weight excluding hydrogens is 494 g/mol. The zero-order valence-corrected chi connectivity index (χ0v) is 21.8. The van der Waals surface area contributed by atoms with Gasteiger partial charge in [-0.25, -0.2) is 8.42 Å². The Morgan fingerprint density at radius 3 is 2.43 bits per heavy atom. The molecule has 3 fully saturated rings. The number of allylic oxidation sites excluding steroid dienone is 4. The predicted molar refractivity (Wildman–Crippen MR) is 136 cm³/mol. The van der Waals surface area contributed by atoms with Crippen molar-refractivity contribution in [1.29, 1.82) is 0 Å². The van der Waals surface area contributed by atoms with E-state index in [4.69, 9.17) is 6.42 Å². The number of hydrogen-bond donors (Lipinski definition) is 1. The standard InChI is InChI=1S/C30H32F2O4S/c1-3-30(31,32)29(34)15-14-26-24-12-6-19-16-20(33)7-13-23(19)27(24)25(17-28(26,29)2)18-4-8-21(9-5-18)37(35,36)22-10-11-22/h1,4-5,8-9,16,22,24-26,34H,6-7,10-15,17H2,2H3/t24-,25?,26-,28-,29-/m0/s1. The Bertz CT molecular complexity index is 1380. The highest BCUT2D eigenvalue weighted by molar-refractivity contribution is 7.92. The monoisotopic (exact) mass is 526 g/mol. The van der Waals surface area contributed by atoms with Crippen LogP contribution in [-0.4, -0.2) is 36.1 Å². The van der Waals surface area contributed by atoms with Crippen LogP contribution in [-0.2, 0) is 14.6 Å². The van der Waals surface area contributed by atoms with Gasteiger partial charge in [0.05, 0.1) is 10.1 Å². The molecule has 5 aliphatic carbocycles. The van der Waals surface area contributed by atoms with Crippen LogP contribution in [0.3, 0.4) is 0 Å². The Morgan fingerprint density at radius 2 is 1.78 bits per heavy atom. The van der Waals surface area contributed by atoms with E-state index in [2.05, 4.69) is 0 Å². The summed E-state index contributed by atoms with van der Waals surface area (Å²) >= 11 is 0. The number of hydrogen-bond acceptors (Lipinski definition) is 4. The van der Waals surface area contributed by atoms with Crippen LogP contribution in [0.2, 0.25) is 0 Å². The summed E-state index contributed by atoms with van der Waals surface area (Å²) in [5, 5.41) is 11.3. The predicted octanol–water partition coefficient (Wildman–Crippen LogP) is 5.52. The molecule has 0 saturated heterocycles. The second-order valence-corrected chi connectivity index (χ2v) is 14.2. The topological polar surface area (TPSA) is 71.4 Å². The van der Waals surface area contributed by atoms with Gasteiger partial charge in [0.1, 0.15) is 5.60 Å².